The maximum Gasteiger partial charge on any atom is 0.191 e. The summed E-state index contributed by atoms with van der Waals surface area (Å²) in [6.45, 7) is 14.2. The number of ether oxygens (including phenoxy) is 1. The van der Waals surface area contributed by atoms with Crippen molar-refractivity contribution in [3.63, 3.8) is 0 Å². The summed E-state index contributed by atoms with van der Waals surface area (Å²) < 4.78 is 5.41. The third kappa shape index (κ3) is 9.68. The van der Waals surface area contributed by atoms with E-state index >= 15 is 0 Å². The summed E-state index contributed by atoms with van der Waals surface area (Å²) in [5.74, 6) is 0.746. The number of aliphatic imine (C=N–C) groups is 1. The summed E-state index contributed by atoms with van der Waals surface area (Å²) in [6, 6.07) is 9.30. The number of piperidine rings is 1. The lowest BCUT2D eigenvalue weighted by Gasteiger charge is -2.34. The number of aliphatic hydroxyl groups is 1. The molecule has 0 saturated carbocycles. The summed E-state index contributed by atoms with van der Waals surface area (Å²) in [7, 11) is 0. The number of rotatable bonds is 9. The van der Waals surface area contributed by atoms with Crippen LogP contribution in [0.4, 0.5) is 0 Å². The zero-order valence-electron chi connectivity index (χ0n) is 20.7. The van der Waals surface area contributed by atoms with Gasteiger partial charge in [0.2, 0.25) is 0 Å². The minimum Gasteiger partial charge on any atom is -0.387 e. The van der Waals surface area contributed by atoms with E-state index in [0.29, 0.717) is 25.7 Å². The molecule has 7 nitrogen and oxygen atoms in total. The molecule has 0 amide bonds. The highest BCUT2D eigenvalue weighted by Gasteiger charge is 2.25. The summed E-state index contributed by atoms with van der Waals surface area (Å²) in [4.78, 5) is 9.69. The van der Waals surface area contributed by atoms with Gasteiger partial charge in [0.05, 0.1) is 25.4 Å². The van der Waals surface area contributed by atoms with Crippen LogP contribution in [0.25, 0.3) is 0 Å². The van der Waals surface area contributed by atoms with Crippen LogP contribution >= 0.6 is 24.0 Å². The van der Waals surface area contributed by atoms with Gasteiger partial charge in [0.1, 0.15) is 0 Å². The van der Waals surface area contributed by atoms with Gasteiger partial charge in [-0.1, -0.05) is 30.7 Å². The van der Waals surface area contributed by atoms with Gasteiger partial charge in [-0.15, -0.1) is 24.0 Å². The minimum absolute atomic E-state index is 0. The Morgan fingerprint density at radius 1 is 1.15 bits per heavy atom. The van der Waals surface area contributed by atoms with E-state index in [-0.39, 0.29) is 24.0 Å². The molecule has 0 spiro atoms. The van der Waals surface area contributed by atoms with Crippen molar-refractivity contribution in [1.82, 2.24) is 20.4 Å². The molecule has 2 atom stereocenters. The van der Waals surface area contributed by atoms with Gasteiger partial charge < -0.3 is 20.5 Å². The number of guanidine groups is 1. The summed E-state index contributed by atoms with van der Waals surface area (Å²) >= 11 is 0. The van der Waals surface area contributed by atoms with Crippen molar-refractivity contribution in [3.05, 3.63) is 35.4 Å². The lowest BCUT2D eigenvalue weighted by Crippen LogP contribution is -2.52. The van der Waals surface area contributed by atoms with Gasteiger partial charge in [-0.05, 0) is 51.3 Å². The van der Waals surface area contributed by atoms with Crippen molar-refractivity contribution in [2.24, 2.45) is 4.99 Å². The maximum atomic E-state index is 10.9. The molecule has 2 unspecified atom stereocenters. The van der Waals surface area contributed by atoms with Crippen LogP contribution in [0.2, 0.25) is 0 Å². The molecule has 8 heteroatoms. The first-order valence-corrected chi connectivity index (χ1v) is 12.3. The van der Waals surface area contributed by atoms with E-state index in [1.54, 1.807) is 0 Å². The fraction of sp³-hybridized carbons (Fsp3) is 0.720. The third-order valence-electron chi connectivity index (χ3n) is 6.49. The average molecular weight is 574 g/mol. The number of halogens is 1. The molecule has 2 aliphatic heterocycles. The van der Waals surface area contributed by atoms with E-state index in [2.05, 4.69) is 58.5 Å². The Kier molecular flexibility index (Phi) is 12.4. The van der Waals surface area contributed by atoms with Crippen LogP contribution < -0.4 is 10.6 Å². The molecule has 3 N–H and O–H groups in total. The fourth-order valence-electron chi connectivity index (χ4n) is 4.55. The second-order valence-corrected chi connectivity index (χ2v) is 9.52. The van der Waals surface area contributed by atoms with E-state index in [4.69, 9.17) is 9.73 Å². The number of hydrogen-bond donors (Lipinski definition) is 3. The Hall–Kier alpha value is -0.940. The zero-order valence-corrected chi connectivity index (χ0v) is 23.0. The molecule has 3 rings (SSSR count). The first-order chi connectivity index (χ1) is 15.5. The van der Waals surface area contributed by atoms with Crippen molar-refractivity contribution >= 4 is 29.9 Å². The molecule has 33 heavy (non-hydrogen) atoms. The van der Waals surface area contributed by atoms with Crippen molar-refractivity contribution in [2.45, 2.75) is 64.8 Å². The lowest BCUT2D eigenvalue weighted by atomic mass is 10.0. The number of β-amino-alcohol motifs (C(OH)–C–C–N with tert-alkyl or cyclic N) is 1. The molecular weight excluding hydrogens is 529 g/mol. The van der Waals surface area contributed by atoms with E-state index in [9.17, 15) is 5.11 Å². The van der Waals surface area contributed by atoms with Crippen LogP contribution in [-0.4, -0.2) is 85.0 Å². The van der Waals surface area contributed by atoms with Gasteiger partial charge in [0, 0.05) is 45.3 Å². The summed E-state index contributed by atoms with van der Waals surface area (Å²) in [6.07, 6.45) is 3.93. The van der Waals surface area contributed by atoms with Gasteiger partial charge >= 0.3 is 0 Å². The highest BCUT2D eigenvalue weighted by molar-refractivity contribution is 14.0. The van der Waals surface area contributed by atoms with Crippen LogP contribution in [0.3, 0.4) is 0 Å². The van der Waals surface area contributed by atoms with E-state index in [1.807, 2.05) is 6.92 Å². The third-order valence-corrected chi connectivity index (χ3v) is 6.49. The smallest absolute Gasteiger partial charge is 0.191 e. The first-order valence-electron chi connectivity index (χ1n) is 12.3. The van der Waals surface area contributed by atoms with E-state index in [1.165, 1.54) is 36.9 Å². The number of hydrogen-bond acceptors (Lipinski definition) is 5. The number of nitrogens with zero attached hydrogens (tertiary/aromatic N) is 3. The van der Waals surface area contributed by atoms with Gasteiger partial charge in [0.15, 0.2) is 5.96 Å². The second kappa shape index (κ2) is 14.5. The molecule has 0 aromatic heterocycles. The quantitative estimate of drug-likeness (QED) is 0.240. The van der Waals surface area contributed by atoms with E-state index < -0.39 is 5.60 Å². The fourth-order valence-corrected chi connectivity index (χ4v) is 4.55. The SMILES string of the molecule is CCNC(=NCc1ccccc1CN1CCCCC1C)NCC(C)(O)CN1CCOCC1.I. The van der Waals surface area contributed by atoms with Gasteiger partial charge in [-0.2, -0.15) is 0 Å². The second-order valence-electron chi connectivity index (χ2n) is 9.52. The molecule has 1 aromatic carbocycles. The predicted octanol–water partition coefficient (Wildman–Crippen LogP) is 2.82. The van der Waals surface area contributed by atoms with Crippen LogP contribution in [0.15, 0.2) is 29.3 Å². The Morgan fingerprint density at radius 3 is 2.58 bits per heavy atom. The molecule has 2 saturated heterocycles. The number of benzene rings is 1. The van der Waals surface area contributed by atoms with Crippen LogP contribution in [0, 0.1) is 0 Å². The zero-order chi connectivity index (χ0) is 22.8. The van der Waals surface area contributed by atoms with Crippen molar-refractivity contribution in [2.75, 3.05) is 52.5 Å². The average Bonchev–Trinajstić information content (AvgIpc) is 2.78. The van der Waals surface area contributed by atoms with E-state index in [0.717, 1.165) is 45.4 Å². The van der Waals surface area contributed by atoms with Crippen molar-refractivity contribution < 1.29 is 9.84 Å². The number of likely N-dealkylation sites (tertiary alicyclic amines) is 1. The largest absolute Gasteiger partial charge is 0.387 e. The molecule has 0 radical (unpaired) electrons. The molecule has 1 aromatic rings. The molecule has 0 bridgehead atoms. The monoisotopic (exact) mass is 573 g/mol. The first kappa shape index (κ1) is 28.3. The molecule has 2 fully saturated rings. The minimum atomic E-state index is -0.837. The number of nitrogens with one attached hydrogen (secondary N) is 2. The van der Waals surface area contributed by atoms with Crippen molar-refractivity contribution in [1.29, 1.82) is 0 Å². The molecule has 188 valence electrons. The van der Waals surface area contributed by atoms with Crippen LogP contribution in [0.5, 0.6) is 0 Å². The predicted molar refractivity (Wildman–Crippen MR) is 146 cm³/mol. The summed E-state index contributed by atoms with van der Waals surface area (Å²) in [5.41, 5.74) is 1.79. The molecule has 2 heterocycles. The molecular formula is C25H44IN5O2. The molecule has 2 aliphatic rings. The standard InChI is InChI=1S/C25H43N5O2.HI/c1-4-26-24(28-19-25(3,31)20-29-13-15-32-16-14-29)27-17-22-10-5-6-11-23(22)18-30-12-8-7-9-21(30)2;/h5-6,10-11,21,31H,4,7-9,12-20H2,1-3H3,(H2,26,27,28);1H. The van der Waals surface area contributed by atoms with Gasteiger partial charge in [0.25, 0.3) is 0 Å². The maximum absolute atomic E-state index is 10.9. The van der Waals surface area contributed by atoms with Gasteiger partial charge in [-0.25, -0.2) is 4.99 Å². The summed E-state index contributed by atoms with van der Waals surface area (Å²) in [5, 5.41) is 17.6. The van der Waals surface area contributed by atoms with Gasteiger partial charge in [-0.3, -0.25) is 9.80 Å². The van der Waals surface area contributed by atoms with Crippen LogP contribution in [0.1, 0.15) is 51.2 Å². The Morgan fingerprint density at radius 2 is 1.88 bits per heavy atom. The highest BCUT2D eigenvalue weighted by Crippen LogP contribution is 2.21. The number of morpholine rings is 1. The normalized spacial score (nSPS) is 22.3. The van der Waals surface area contributed by atoms with Crippen molar-refractivity contribution in [3.8, 4) is 0 Å². The highest BCUT2D eigenvalue weighted by atomic mass is 127. The Bertz CT molecular complexity index is 725. The van der Waals surface area contributed by atoms with Crippen LogP contribution in [-0.2, 0) is 17.8 Å². The Balaban J connectivity index is 0.00000385. The lowest BCUT2D eigenvalue weighted by molar-refractivity contribution is -0.0201. The topological polar surface area (TPSA) is 72.4 Å². The Labute approximate surface area is 217 Å². The molecule has 0 aliphatic carbocycles.